The Labute approximate surface area is 193 Å². The van der Waals surface area contributed by atoms with E-state index in [-0.39, 0.29) is 24.5 Å². The van der Waals surface area contributed by atoms with Crippen LogP contribution in [0.1, 0.15) is 22.6 Å². The zero-order valence-electron chi connectivity index (χ0n) is 17.3. The molecule has 0 radical (unpaired) electrons. The summed E-state index contributed by atoms with van der Waals surface area (Å²) in [7, 11) is 0. The number of esters is 1. The number of carbonyl (C=O) groups is 2. The van der Waals surface area contributed by atoms with E-state index < -0.39 is 11.6 Å². The second kappa shape index (κ2) is 8.43. The lowest BCUT2D eigenvalue weighted by atomic mass is 9.83. The van der Waals surface area contributed by atoms with Gasteiger partial charge in [0.25, 0.3) is 5.91 Å². The third kappa shape index (κ3) is 3.88. The molecule has 168 valence electrons. The molecule has 3 aliphatic heterocycles. The molecule has 3 aliphatic rings. The standard InChI is InChI=1S/C22H23N3O5S2/c26-20(23-19-7-10-29-24-19)14-25-8-5-15(6-9-25)16(13-25)30-21(27)22(28,17-3-1-11-31-17)18-4-2-12-32-18/h1-4,7,10-12,15-16,28H,5-6,8-9,13-14H2/p+1/t15?,16-,25?/m0/s1. The Balaban J connectivity index is 1.32. The lowest BCUT2D eigenvalue weighted by Gasteiger charge is -2.51. The van der Waals surface area contributed by atoms with Crippen LogP contribution < -0.4 is 5.32 Å². The minimum atomic E-state index is -1.82. The van der Waals surface area contributed by atoms with Gasteiger partial charge in [-0.1, -0.05) is 17.3 Å². The van der Waals surface area contributed by atoms with Crippen molar-refractivity contribution in [3.8, 4) is 0 Å². The molecule has 3 aromatic rings. The molecular formula is C22H24N3O5S2+. The van der Waals surface area contributed by atoms with E-state index in [9.17, 15) is 14.7 Å². The highest BCUT2D eigenvalue weighted by atomic mass is 32.1. The summed E-state index contributed by atoms with van der Waals surface area (Å²) in [6, 6.07) is 8.73. The Morgan fingerprint density at radius 1 is 1.19 bits per heavy atom. The number of amides is 1. The average Bonchev–Trinajstić information content (AvgIpc) is 3.57. The Hall–Kier alpha value is -2.53. The molecule has 3 aromatic heterocycles. The lowest BCUT2D eigenvalue weighted by molar-refractivity contribution is -0.939. The molecule has 1 atom stereocenters. The Bertz CT molecular complexity index is 1020. The molecule has 6 heterocycles. The smallest absolute Gasteiger partial charge is 0.349 e. The second-order valence-corrected chi connectivity index (χ2v) is 10.4. The first-order valence-electron chi connectivity index (χ1n) is 10.6. The minimum Gasteiger partial charge on any atom is -0.453 e. The summed E-state index contributed by atoms with van der Waals surface area (Å²) in [5.74, 6) is -0.155. The third-order valence-corrected chi connectivity index (χ3v) is 8.49. The van der Waals surface area contributed by atoms with E-state index in [1.165, 1.54) is 28.9 Å². The Morgan fingerprint density at radius 3 is 2.44 bits per heavy atom. The van der Waals surface area contributed by atoms with E-state index in [0.717, 1.165) is 25.9 Å². The molecule has 3 fully saturated rings. The number of carbonyl (C=O) groups excluding carboxylic acids is 2. The summed E-state index contributed by atoms with van der Waals surface area (Å²) < 4.78 is 11.3. The van der Waals surface area contributed by atoms with Crippen LogP contribution in [0.5, 0.6) is 0 Å². The SMILES string of the molecule is O=C(C[N+]12CCC(CC1)[C@@H](OC(=O)C(O)(c1cccs1)c1cccs1)C2)Nc1ccon1. The quantitative estimate of drug-likeness (QED) is 0.403. The van der Waals surface area contributed by atoms with E-state index in [2.05, 4.69) is 10.5 Å². The molecule has 0 spiro atoms. The molecule has 3 saturated heterocycles. The molecule has 2 bridgehead atoms. The van der Waals surface area contributed by atoms with Gasteiger partial charge in [0.2, 0.25) is 5.60 Å². The number of ether oxygens (including phenoxy) is 1. The van der Waals surface area contributed by atoms with Crippen LogP contribution in [0.15, 0.2) is 51.9 Å². The van der Waals surface area contributed by atoms with E-state index in [1.54, 1.807) is 18.2 Å². The maximum atomic E-state index is 13.4. The van der Waals surface area contributed by atoms with Crippen LogP contribution in [-0.2, 0) is 19.9 Å². The number of fused-ring (bicyclic) bond motifs is 3. The van der Waals surface area contributed by atoms with Gasteiger partial charge in [-0.2, -0.15) is 0 Å². The number of quaternary nitrogens is 1. The summed E-state index contributed by atoms with van der Waals surface area (Å²) in [5.41, 5.74) is -1.82. The molecule has 1 amide bonds. The van der Waals surface area contributed by atoms with Gasteiger partial charge in [0.05, 0.1) is 22.8 Å². The molecule has 10 heteroatoms. The van der Waals surface area contributed by atoms with Crippen molar-refractivity contribution in [3.05, 3.63) is 57.1 Å². The second-order valence-electron chi connectivity index (χ2n) is 8.51. The predicted molar refractivity (Wildman–Crippen MR) is 119 cm³/mol. The third-order valence-electron chi connectivity index (χ3n) is 6.54. The molecule has 0 aliphatic carbocycles. The summed E-state index contributed by atoms with van der Waals surface area (Å²) in [6.07, 6.45) is 2.83. The van der Waals surface area contributed by atoms with Crippen molar-refractivity contribution in [2.24, 2.45) is 5.92 Å². The number of rotatable bonds is 7. The normalized spacial score (nSPS) is 24.9. The summed E-state index contributed by atoms with van der Waals surface area (Å²) in [4.78, 5) is 27.1. The topological polar surface area (TPSA) is 102 Å². The number of piperidine rings is 3. The van der Waals surface area contributed by atoms with Gasteiger partial charge < -0.3 is 24.2 Å². The molecule has 8 nitrogen and oxygen atoms in total. The van der Waals surface area contributed by atoms with Crippen molar-refractivity contribution < 1.29 is 28.4 Å². The molecule has 0 saturated carbocycles. The zero-order valence-corrected chi connectivity index (χ0v) is 18.9. The number of anilines is 1. The number of thiophene rings is 2. The van der Waals surface area contributed by atoms with Crippen molar-refractivity contribution in [1.82, 2.24) is 5.16 Å². The van der Waals surface area contributed by atoms with Crippen LogP contribution in [0.3, 0.4) is 0 Å². The molecule has 0 aromatic carbocycles. The fourth-order valence-electron chi connectivity index (χ4n) is 4.86. The minimum absolute atomic E-state index is 0.141. The van der Waals surface area contributed by atoms with Crippen molar-refractivity contribution in [3.63, 3.8) is 0 Å². The highest BCUT2D eigenvalue weighted by Crippen LogP contribution is 2.40. The van der Waals surface area contributed by atoms with Gasteiger partial charge in [0.1, 0.15) is 12.8 Å². The number of nitrogens with zero attached hydrogens (tertiary/aromatic N) is 2. The monoisotopic (exact) mass is 474 g/mol. The first kappa shape index (κ1) is 21.3. The number of hydrogen-bond acceptors (Lipinski definition) is 8. The highest BCUT2D eigenvalue weighted by Gasteiger charge is 2.51. The van der Waals surface area contributed by atoms with E-state index in [1.807, 2.05) is 22.9 Å². The van der Waals surface area contributed by atoms with Crippen LogP contribution in [-0.4, -0.2) is 58.9 Å². The van der Waals surface area contributed by atoms with Gasteiger partial charge in [-0.25, -0.2) is 4.79 Å². The number of aliphatic hydroxyl groups is 1. The van der Waals surface area contributed by atoms with E-state index in [4.69, 9.17) is 9.26 Å². The van der Waals surface area contributed by atoms with Gasteiger partial charge >= 0.3 is 5.97 Å². The predicted octanol–water partition coefficient (Wildman–Crippen LogP) is 2.82. The Morgan fingerprint density at radius 2 is 1.88 bits per heavy atom. The van der Waals surface area contributed by atoms with Crippen LogP contribution >= 0.6 is 22.7 Å². The number of hydrogen-bond donors (Lipinski definition) is 2. The maximum absolute atomic E-state index is 13.4. The number of aromatic nitrogens is 1. The average molecular weight is 475 g/mol. The fraction of sp³-hybridized carbons (Fsp3) is 0.409. The molecule has 6 rings (SSSR count). The highest BCUT2D eigenvalue weighted by molar-refractivity contribution is 7.12. The van der Waals surface area contributed by atoms with Crippen molar-refractivity contribution in [2.45, 2.75) is 24.5 Å². The van der Waals surface area contributed by atoms with Crippen LogP contribution in [0.4, 0.5) is 5.82 Å². The molecule has 32 heavy (non-hydrogen) atoms. The fourth-order valence-corrected chi connectivity index (χ4v) is 6.57. The maximum Gasteiger partial charge on any atom is 0.349 e. The zero-order chi connectivity index (χ0) is 22.2. The van der Waals surface area contributed by atoms with Gasteiger partial charge in [0, 0.05) is 24.8 Å². The van der Waals surface area contributed by atoms with E-state index >= 15 is 0 Å². The van der Waals surface area contributed by atoms with Gasteiger partial charge in [-0.15, -0.1) is 22.7 Å². The van der Waals surface area contributed by atoms with Crippen molar-refractivity contribution in [1.29, 1.82) is 0 Å². The van der Waals surface area contributed by atoms with Crippen LogP contribution in [0.2, 0.25) is 0 Å². The van der Waals surface area contributed by atoms with Gasteiger partial charge in [0.15, 0.2) is 18.5 Å². The summed E-state index contributed by atoms with van der Waals surface area (Å²) >= 11 is 2.66. The molecular weight excluding hydrogens is 450 g/mol. The van der Waals surface area contributed by atoms with Crippen molar-refractivity contribution >= 4 is 40.4 Å². The van der Waals surface area contributed by atoms with Crippen molar-refractivity contribution in [2.75, 3.05) is 31.5 Å². The van der Waals surface area contributed by atoms with Gasteiger partial charge in [-0.05, 0) is 22.9 Å². The molecule has 2 N–H and O–H groups in total. The first-order valence-corrected chi connectivity index (χ1v) is 12.3. The summed E-state index contributed by atoms with van der Waals surface area (Å²) in [6.45, 7) is 2.58. The molecule has 0 unspecified atom stereocenters. The van der Waals surface area contributed by atoms with Crippen LogP contribution in [0.25, 0.3) is 0 Å². The van der Waals surface area contributed by atoms with Crippen LogP contribution in [0, 0.1) is 5.92 Å². The summed E-state index contributed by atoms with van der Waals surface area (Å²) in [5, 5.41) is 21.7. The van der Waals surface area contributed by atoms with E-state index in [0.29, 0.717) is 26.6 Å². The largest absolute Gasteiger partial charge is 0.453 e. The first-order chi connectivity index (χ1) is 15.5. The number of nitrogens with one attached hydrogen (secondary N) is 1. The Kier molecular flexibility index (Phi) is 5.62. The van der Waals surface area contributed by atoms with Gasteiger partial charge in [-0.3, -0.25) is 4.79 Å². The lowest BCUT2D eigenvalue weighted by Crippen LogP contribution is -2.66.